The van der Waals surface area contributed by atoms with Crippen LogP contribution < -0.4 is 5.32 Å². The average Bonchev–Trinajstić information content (AvgIpc) is 2.95. The van der Waals surface area contributed by atoms with E-state index in [1.807, 2.05) is 30.5 Å². The Balaban J connectivity index is 1.87. The van der Waals surface area contributed by atoms with E-state index in [9.17, 15) is 14.7 Å². The van der Waals surface area contributed by atoms with Crippen LogP contribution in [0.4, 0.5) is 0 Å². The fourth-order valence-electron chi connectivity index (χ4n) is 2.62. The lowest BCUT2D eigenvalue weighted by Crippen LogP contribution is -2.41. The number of aliphatic carboxylic acids is 1. The monoisotopic (exact) mass is 330 g/mol. The van der Waals surface area contributed by atoms with Gasteiger partial charge in [0.1, 0.15) is 6.04 Å². The highest BCUT2D eigenvalue weighted by Gasteiger charge is 2.22. The number of aromatic amines is 1. The molecular formula is C19H26N2O3. The maximum atomic E-state index is 12.1. The second kappa shape index (κ2) is 7.51. The zero-order chi connectivity index (χ0) is 17.7. The van der Waals surface area contributed by atoms with Crippen LogP contribution in [-0.2, 0) is 16.0 Å². The van der Waals surface area contributed by atoms with Crippen molar-refractivity contribution < 1.29 is 14.7 Å². The number of hydrogen-bond donors (Lipinski definition) is 3. The van der Waals surface area contributed by atoms with E-state index in [0.29, 0.717) is 12.8 Å². The molecule has 1 amide bonds. The average molecular weight is 330 g/mol. The molecule has 24 heavy (non-hydrogen) atoms. The molecule has 1 atom stereocenters. The zero-order valence-electron chi connectivity index (χ0n) is 14.6. The van der Waals surface area contributed by atoms with E-state index < -0.39 is 12.0 Å². The molecule has 1 aromatic heterocycles. The molecule has 1 unspecified atom stereocenters. The van der Waals surface area contributed by atoms with Crippen LogP contribution in [0.25, 0.3) is 10.9 Å². The number of H-pyrrole nitrogens is 1. The summed E-state index contributed by atoms with van der Waals surface area (Å²) in [6.45, 7) is 6.18. The Bertz CT molecular complexity index is 713. The zero-order valence-corrected chi connectivity index (χ0v) is 14.6. The molecule has 0 radical (unpaired) electrons. The summed E-state index contributed by atoms with van der Waals surface area (Å²) in [5, 5.41) is 13.0. The molecule has 3 N–H and O–H groups in total. The molecule has 0 spiro atoms. The number of carbonyl (C=O) groups is 2. The highest BCUT2D eigenvalue weighted by molar-refractivity contribution is 5.84. The first-order valence-electron chi connectivity index (χ1n) is 8.33. The Morgan fingerprint density at radius 2 is 2.00 bits per heavy atom. The highest BCUT2D eigenvalue weighted by atomic mass is 16.4. The van der Waals surface area contributed by atoms with Crippen LogP contribution in [-0.4, -0.2) is 28.0 Å². The highest BCUT2D eigenvalue weighted by Crippen LogP contribution is 2.22. The molecule has 1 aromatic carbocycles. The number of nitrogens with one attached hydrogen (secondary N) is 2. The second-order valence-electron chi connectivity index (χ2n) is 7.46. The SMILES string of the molecule is CC(C)(C)CCC(NC(=O)CCc1ccc2[nH]ccc2c1)C(=O)O. The van der Waals surface area contributed by atoms with Gasteiger partial charge in [-0.3, -0.25) is 4.79 Å². The summed E-state index contributed by atoms with van der Waals surface area (Å²) in [5.74, 6) is -1.19. The fourth-order valence-corrected chi connectivity index (χ4v) is 2.62. The smallest absolute Gasteiger partial charge is 0.326 e. The van der Waals surface area contributed by atoms with Crippen molar-refractivity contribution in [3.05, 3.63) is 36.0 Å². The van der Waals surface area contributed by atoms with Gasteiger partial charge in [-0.25, -0.2) is 4.79 Å². The minimum absolute atomic E-state index is 0.0460. The second-order valence-corrected chi connectivity index (χ2v) is 7.46. The molecule has 0 aliphatic carbocycles. The molecule has 5 heteroatoms. The Morgan fingerprint density at radius 1 is 1.25 bits per heavy atom. The van der Waals surface area contributed by atoms with Crippen molar-refractivity contribution in [2.24, 2.45) is 5.41 Å². The quantitative estimate of drug-likeness (QED) is 0.726. The largest absolute Gasteiger partial charge is 0.480 e. The van der Waals surface area contributed by atoms with E-state index >= 15 is 0 Å². The molecule has 0 aliphatic rings. The first-order valence-corrected chi connectivity index (χ1v) is 8.33. The number of carboxylic acid groups (broad SMARTS) is 1. The summed E-state index contributed by atoms with van der Waals surface area (Å²) >= 11 is 0. The van der Waals surface area contributed by atoms with Gasteiger partial charge in [0.25, 0.3) is 0 Å². The van der Waals surface area contributed by atoms with Gasteiger partial charge in [-0.2, -0.15) is 0 Å². The third-order valence-electron chi connectivity index (χ3n) is 4.07. The van der Waals surface area contributed by atoms with Crippen molar-refractivity contribution in [3.8, 4) is 0 Å². The van der Waals surface area contributed by atoms with Gasteiger partial charge in [0.2, 0.25) is 5.91 Å². The molecule has 0 saturated carbocycles. The first kappa shape index (κ1) is 18.0. The molecule has 2 aromatic rings. The fraction of sp³-hybridized carbons (Fsp3) is 0.474. The van der Waals surface area contributed by atoms with Crippen LogP contribution in [0.1, 0.15) is 45.6 Å². The van der Waals surface area contributed by atoms with Crippen molar-refractivity contribution in [1.29, 1.82) is 0 Å². The Labute approximate surface area is 142 Å². The molecular weight excluding hydrogens is 304 g/mol. The first-order chi connectivity index (χ1) is 11.2. The third-order valence-corrected chi connectivity index (χ3v) is 4.07. The molecule has 2 rings (SSSR count). The number of hydrogen-bond acceptors (Lipinski definition) is 2. The molecule has 0 aliphatic heterocycles. The third kappa shape index (κ3) is 5.41. The topological polar surface area (TPSA) is 82.2 Å². The minimum Gasteiger partial charge on any atom is -0.480 e. The summed E-state index contributed by atoms with van der Waals surface area (Å²) in [4.78, 5) is 26.5. The predicted octanol–water partition coefficient (Wildman–Crippen LogP) is 3.50. The van der Waals surface area contributed by atoms with Gasteiger partial charge in [0.05, 0.1) is 0 Å². The molecule has 0 fully saturated rings. The lowest BCUT2D eigenvalue weighted by Gasteiger charge is -2.21. The number of fused-ring (bicyclic) bond motifs is 1. The number of carboxylic acids is 1. The summed E-state index contributed by atoms with van der Waals surface area (Å²) in [6.07, 6.45) is 3.95. The van der Waals surface area contributed by atoms with Gasteiger partial charge in [0.15, 0.2) is 0 Å². The summed E-state index contributed by atoms with van der Waals surface area (Å²) in [5.41, 5.74) is 2.18. The van der Waals surface area contributed by atoms with Crippen molar-refractivity contribution in [2.45, 2.75) is 52.5 Å². The summed E-state index contributed by atoms with van der Waals surface area (Å²) in [7, 11) is 0. The van der Waals surface area contributed by atoms with Gasteiger partial charge in [-0.05, 0) is 53.8 Å². The van der Waals surface area contributed by atoms with Crippen molar-refractivity contribution in [2.75, 3.05) is 0 Å². The van der Waals surface area contributed by atoms with Crippen LogP contribution in [0.3, 0.4) is 0 Å². The van der Waals surface area contributed by atoms with E-state index in [-0.39, 0.29) is 17.7 Å². The van der Waals surface area contributed by atoms with Crippen LogP contribution >= 0.6 is 0 Å². The summed E-state index contributed by atoms with van der Waals surface area (Å²) < 4.78 is 0. The Hall–Kier alpha value is -2.30. The molecule has 5 nitrogen and oxygen atoms in total. The van der Waals surface area contributed by atoms with E-state index in [4.69, 9.17) is 0 Å². The van der Waals surface area contributed by atoms with E-state index in [1.165, 1.54) is 0 Å². The van der Waals surface area contributed by atoms with Crippen LogP contribution in [0.15, 0.2) is 30.5 Å². The number of rotatable bonds is 7. The van der Waals surface area contributed by atoms with Crippen molar-refractivity contribution >= 4 is 22.8 Å². The van der Waals surface area contributed by atoms with Crippen molar-refractivity contribution in [3.63, 3.8) is 0 Å². The Morgan fingerprint density at radius 3 is 2.67 bits per heavy atom. The van der Waals surface area contributed by atoms with Gasteiger partial charge in [-0.1, -0.05) is 26.8 Å². The molecule has 0 bridgehead atoms. The number of aromatic nitrogens is 1. The minimum atomic E-state index is -0.971. The van der Waals surface area contributed by atoms with Gasteiger partial charge in [0, 0.05) is 18.1 Å². The summed E-state index contributed by atoms with van der Waals surface area (Å²) in [6, 6.07) is 7.20. The standard InChI is InChI=1S/C19H26N2O3/c1-19(2,3)10-8-16(18(23)24)21-17(22)7-5-13-4-6-15-14(12-13)9-11-20-15/h4,6,9,11-12,16,20H,5,7-8,10H2,1-3H3,(H,21,22)(H,23,24). The van der Waals surface area contributed by atoms with Gasteiger partial charge in [-0.15, -0.1) is 0 Å². The van der Waals surface area contributed by atoms with Crippen LogP contribution in [0.5, 0.6) is 0 Å². The van der Waals surface area contributed by atoms with Crippen LogP contribution in [0, 0.1) is 5.41 Å². The number of aryl methyl sites for hydroxylation is 1. The predicted molar refractivity (Wildman–Crippen MR) is 94.9 cm³/mol. The van der Waals surface area contributed by atoms with Gasteiger partial charge < -0.3 is 15.4 Å². The number of amides is 1. The molecule has 130 valence electrons. The number of benzene rings is 1. The van der Waals surface area contributed by atoms with Gasteiger partial charge >= 0.3 is 5.97 Å². The molecule has 0 saturated heterocycles. The molecule has 1 heterocycles. The lowest BCUT2D eigenvalue weighted by molar-refractivity contribution is -0.142. The van der Waals surface area contributed by atoms with Crippen molar-refractivity contribution in [1.82, 2.24) is 10.3 Å². The maximum Gasteiger partial charge on any atom is 0.326 e. The van der Waals surface area contributed by atoms with Crippen LogP contribution in [0.2, 0.25) is 0 Å². The van der Waals surface area contributed by atoms with E-state index in [1.54, 1.807) is 0 Å². The number of carbonyl (C=O) groups excluding carboxylic acids is 1. The van der Waals surface area contributed by atoms with E-state index in [2.05, 4.69) is 31.1 Å². The van der Waals surface area contributed by atoms with E-state index in [0.717, 1.165) is 22.9 Å². The lowest BCUT2D eigenvalue weighted by atomic mass is 9.88. The normalized spacial score (nSPS) is 13.0. The maximum absolute atomic E-state index is 12.1. The Kier molecular flexibility index (Phi) is 5.65.